The molecule has 5 aliphatic rings. The molecule has 5 atom stereocenters. The number of para-hydroxylation sites is 3. The van der Waals surface area contributed by atoms with Crippen LogP contribution in [0, 0.1) is 10.1 Å². The van der Waals surface area contributed by atoms with Crippen molar-refractivity contribution < 1.29 is 38.3 Å². The Balaban J connectivity index is 0.000000114. The number of nitro benzene ring substituents is 1. The topological polar surface area (TPSA) is 165 Å². The zero-order valence-electron chi connectivity index (χ0n) is 79.4. The molecule has 0 aromatic heterocycles. The fraction of sp³-hybridized carbons (Fsp3) is 0.112. The van der Waals surface area contributed by atoms with Crippen molar-refractivity contribution in [3.63, 3.8) is 0 Å². The normalized spacial score (nSPS) is 15.1. The summed E-state index contributed by atoms with van der Waals surface area (Å²) in [6.07, 6.45) is 0. The highest BCUT2D eigenvalue weighted by atomic mass is 35.5. The Hall–Kier alpha value is -16.3. The second kappa shape index (κ2) is 44.3. The molecule has 0 spiro atoms. The fourth-order valence-electron chi connectivity index (χ4n) is 20.4. The molecule has 19 heteroatoms. The first-order valence-electron chi connectivity index (χ1n) is 47.5. The molecule has 0 bridgehead atoms. The number of amides is 3. The Kier molecular flexibility index (Phi) is 29.7. The van der Waals surface area contributed by atoms with Gasteiger partial charge < -0.3 is 44.3 Å². The smallest absolute Gasteiger partial charge is 0.269 e. The van der Waals surface area contributed by atoms with E-state index in [1.807, 2.05) is 228 Å². The van der Waals surface area contributed by atoms with Crippen LogP contribution in [-0.2, 0) is 32.7 Å². The molecule has 3 amide bonds. The average Bonchev–Trinajstić information content (AvgIpc) is 1.62. The van der Waals surface area contributed by atoms with Crippen LogP contribution >= 0.6 is 46.4 Å². The minimum atomic E-state index is -0.462. The Bertz CT molecular complexity index is 7730. The van der Waals surface area contributed by atoms with Gasteiger partial charge in [0.25, 0.3) is 23.4 Å². The molecule has 2 N–H and O–H groups in total. The van der Waals surface area contributed by atoms with Gasteiger partial charge in [0.1, 0.15) is 23.0 Å². The van der Waals surface area contributed by atoms with Gasteiger partial charge in [-0.15, -0.1) is 0 Å². The molecule has 5 aliphatic heterocycles. The molecule has 0 saturated heterocycles. The summed E-state index contributed by atoms with van der Waals surface area (Å²) >= 11 is 25.8. The summed E-state index contributed by atoms with van der Waals surface area (Å²) in [5.41, 5.74) is 29.6. The summed E-state index contributed by atoms with van der Waals surface area (Å²) in [6, 6.07) is 142. The van der Waals surface area contributed by atoms with E-state index in [1.165, 1.54) is 68.8 Å². The number of nitrogens with one attached hydrogen (secondary N) is 2. The van der Waals surface area contributed by atoms with E-state index in [1.54, 1.807) is 39.4 Å². The third-order valence-corrected chi connectivity index (χ3v) is 28.3. The number of ether oxygens (including phenoxy) is 4. The highest BCUT2D eigenvalue weighted by Crippen LogP contribution is 2.52. The molecule has 0 aliphatic carbocycles. The van der Waals surface area contributed by atoms with Crippen LogP contribution in [0.4, 0.5) is 34.1 Å². The van der Waals surface area contributed by atoms with Gasteiger partial charge in [0.05, 0.1) is 53.0 Å². The molecule has 5 unspecified atom stereocenters. The summed E-state index contributed by atoms with van der Waals surface area (Å²) in [4.78, 5) is 57.1. The van der Waals surface area contributed by atoms with Gasteiger partial charge in [0.15, 0.2) is 0 Å². The Morgan fingerprint density at radius 1 is 0.285 bits per heavy atom. The monoisotopic (exact) mass is 1970 g/mol. The van der Waals surface area contributed by atoms with Gasteiger partial charge in [-0.25, -0.2) is 0 Å². The number of hydrogen-bond acceptors (Lipinski definition) is 11. The van der Waals surface area contributed by atoms with Gasteiger partial charge >= 0.3 is 0 Å². The molecular formula is C125H100Cl4N6O9. The average molecular weight is 1970 g/mol. The second-order valence-corrected chi connectivity index (χ2v) is 37.1. The maximum Gasteiger partial charge on any atom is 0.269 e. The number of nitro groups is 1. The fourth-order valence-corrected chi connectivity index (χ4v) is 21.2. The van der Waals surface area contributed by atoms with Crippen molar-refractivity contribution in [2.24, 2.45) is 0 Å². The van der Waals surface area contributed by atoms with Crippen molar-refractivity contribution in [1.29, 1.82) is 0 Å². The number of non-ortho nitro benzene ring substituents is 1. The number of carbonyl (C=O) groups is 3. The van der Waals surface area contributed by atoms with E-state index < -0.39 is 4.92 Å². The number of nitrogens with zero attached hydrogens (tertiary/aromatic N) is 4. The summed E-state index contributed by atoms with van der Waals surface area (Å²) in [6.45, 7) is 2.92. The van der Waals surface area contributed by atoms with Gasteiger partial charge in [-0.3, -0.25) is 24.5 Å². The van der Waals surface area contributed by atoms with Gasteiger partial charge in [-0.05, 0) is 245 Å². The minimum Gasteiger partial charge on any atom is -0.497 e. The first-order chi connectivity index (χ1) is 70.5. The maximum absolute atomic E-state index is 13.7. The van der Waals surface area contributed by atoms with E-state index in [4.69, 9.17) is 65.4 Å². The van der Waals surface area contributed by atoms with Crippen LogP contribution in [0.2, 0.25) is 20.1 Å². The van der Waals surface area contributed by atoms with Crippen LogP contribution in [0.3, 0.4) is 0 Å². The van der Waals surface area contributed by atoms with E-state index in [2.05, 4.69) is 193 Å². The molecule has 18 aromatic rings. The molecule has 15 nitrogen and oxygen atoms in total. The molecule has 23 rings (SSSR count). The predicted molar refractivity (Wildman–Crippen MR) is 580 cm³/mol. The van der Waals surface area contributed by atoms with E-state index in [-0.39, 0.29) is 53.0 Å². The number of rotatable bonds is 13. The molecular weight excluding hydrogens is 1870 g/mol. The molecule has 0 radical (unpaired) electrons. The van der Waals surface area contributed by atoms with Gasteiger partial charge in [-0.2, -0.15) is 0 Å². The highest BCUT2D eigenvalue weighted by Gasteiger charge is 2.38. The van der Waals surface area contributed by atoms with Crippen molar-refractivity contribution in [1.82, 2.24) is 0 Å². The summed E-state index contributed by atoms with van der Waals surface area (Å²) in [7, 11) is 6.64. The first kappa shape index (κ1) is 96.6. The summed E-state index contributed by atoms with van der Waals surface area (Å²) in [5, 5.41) is 21.0. The summed E-state index contributed by atoms with van der Waals surface area (Å²) < 4.78 is 21.7. The van der Waals surface area contributed by atoms with Gasteiger partial charge in [-0.1, -0.05) is 325 Å². The Labute approximate surface area is 858 Å². The van der Waals surface area contributed by atoms with Gasteiger partial charge in [0.2, 0.25) is 0 Å². The molecule has 0 saturated carbocycles. The van der Waals surface area contributed by atoms with Crippen molar-refractivity contribution in [3.05, 3.63) is 589 Å². The number of carbonyl (C=O) groups excluding carboxylic acids is 3. The van der Waals surface area contributed by atoms with Crippen LogP contribution in [0.5, 0.6) is 23.0 Å². The van der Waals surface area contributed by atoms with E-state index >= 15 is 0 Å². The predicted octanol–water partition coefficient (Wildman–Crippen LogP) is 30.2. The first-order valence-corrected chi connectivity index (χ1v) is 49.0. The van der Waals surface area contributed by atoms with Crippen molar-refractivity contribution in [3.8, 4) is 23.0 Å². The number of methoxy groups -OCH3 is 4. The number of halogens is 4. The SMILES string of the molecule is COc1ccc(C(=O)N2Cc3ccccc3C(c3ccccc3)c3ccccc32)cc1.COc1ccc2c(c1)CNc1ccc(Cl)cc1C2c1ccccc1Cl.COc1cccc(C(=O)N2Cc3ccccc3C(c3ccccc3)c3ccccc32)c1.COc1cccc2c1C(c1ccccc1Cl)c1cc(Cl)ccc1NC2.O=C(c1ccc([N+](=O)[O-])cc1)N1Cc2ccccc2C(c2ccccc2)c2ccccc21. The van der Waals surface area contributed by atoms with E-state index in [0.717, 1.165) is 141 Å². The van der Waals surface area contributed by atoms with Crippen molar-refractivity contribution in [2.75, 3.05) is 53.8 Å². The number of anilines is 5. The summed E-state index contributed by atoms with van der Waals surface area (Å²) in [5.74, 6) is 2.99. The molecule has 712 valence electrons. The molecule has 144 heavy (non-hydrogen) atoms. The number of fused-ring (bicyclic) bond motifs is 10. The largest absolute Gasteiger partial charge is 0.497 e. The Morgan fingerprint density at radius 3 is 1.06 bits per heavy atom. The van der Waals surface area contributed by atoms with Crippen LogP contribution in [0.25, 0.3) is 0 Å². The Morgan fingerprint density at radius 2 is 0.632 bits per heavy atom. The lowest BCUT2D eigenvalue weighted by atomic mass is 9.82. The second-order valence-electron chi connectivity index (χ2n) is 35.4. The highest BCUT2D eigenvalue weighted by molar-refractivity contribution is 6.32. The standard InChI is InChI=1S/2C28H23NO2.C27H20N2O3.2C21H17Cl2NO/c1-31-23-14-9-13-21(18-23)28(30)29-19-22-12-5-6-15-24(22)27(20-10-3-2-4-11-20)25-16-7-8-17-26(25)29;1-31-23-17-15-21(16-18-23)28(30)29-19-22-11-5-6-12-24(22)27(20-9-3-2-4-10-20)25-13-7-8-14-26(25)29;30-27(20-14-16-22(17-15-20)29(31)32)28-18-21-10-4-5-11-23(21)26(19-8-2-1-3-9-19)24-12-6-7-13-25(24)28;1-25-19-8-4-5-13-12-24-18-10-9-14(22)11-16(18)21(20(13)19)15-6-2-3-7-17(15)23;1-25-15-7-8-16-13(10-15)12-24-20-9-6-14(22)11-18(20)21(16)17-4-2-3-5-19(17)23/h2*2-18,27H,19H2,1H3;1-17,26H,18H2;2*2-11,21,24H,12H2,1H3. The van der Waals surface area contributed by atoms with Crippen LogP contribution in [0.1, 0.15) is 172 Å². The quantitative estimate of drug-likeness (QED) is 0.0834. The zero-order valence-corrected chi connectivity index (χ0v) is 82.4. The molecule has 18 aromatic carbocycles. The van der Waals surface area contributed by atoms with E-state index in [9.17, 15) is 24.5 Å². The van der Waals surface area contributed by atoms with Crippen molar-refractivity contribution >= 4 is 98.2 Å². The third kappa shape index (κ3) is 20.5. The molecule has 5 heterocycles. The third-order valence-electron chi connectivity index (χ3n) is 27.2. The number of benzene rings is 18. The maximum atomic E-state index is 13.7. The lowest BCUT2D eigenvalue weighted by Gasteiger charge is -2.25. The van der Waals surface area contributed by atoms with Gasteiger partial charge in [0, 0.05) is 126 Å². The lowest BCUT2D eigenvalue weighted by Crippen LogP contribution is -2.30. The van der Waals surface area contributed by atoms with Crippen LogP contribution in [-0.4, -0.2) is 51.1 Å². The minimum absolute atomic E-state index is 0.00161. The van der Waals surface area contributed by atoms with Crippen molar-refractivity contribution in [2.45, 2.75) is 62.3 Å². The van der Waals surface area contributed by atoms with E-state index in [0.29, 0.717) is 47.1 Å². The van der Waals surface area contributed by atoms with Crippen LogP contribution in [0.15, 0.2) is 431 Å². The lowest BCUT2D eigenvalue weighted by molar-refractivity contribution is -0.384. The number of hydrogen-bond donors (Lipinski definition) is 2. The molecule has 0 fully saturated rings. The van der Waals surface area contributed by atoms with Crippen LogP contribution < -0.4 is 44.3 Å². The zero-order chi connectivity index (χ0) is 99.3.